The van der Waals surface area contributed by atoms with Crippen molar-refractivity contribution >= 4 is 5.91 Å². The third-order valence-electron chi connectivity index (χ3n) is 6.31. The number of nitrogens with one attached hydrogen (secondary N) is 1. The van der Waals surface area contributed by atoms with Gasteiger partial charge in [0.15, 0.2) is 5.82 Å². The first-order valence-electron chi connectivity index (χ1n) is 11.4. The van der Waals surface area contributed by atoms with Crippen LogP contribution in [0.2, 0.25) is 0 Å². The number of rotatable bonds is 7. The van der Waals surface area contributed by atoms with Gasteiger partial charge in [0.2, 0.25) is 5.91 Å². The van der Waals surface area contributed by atoms with Gasteiger partial charge in [0.1, 0.15) is 5.82 Å². The molecule has 8 nitrogen and oxygen atoms in total. The Hall–Kier alpha value is -3.00. The van der Waals surface area contributed by atoms with Crippen LogP contribution >= 0.6 is 0 Å². The summed E-state index contributed by atoms with van der Waals surface area (Å²) in [5, 5.41) is 11.8. The molecule has 0 bridgehead atoms. The fraction of sp³-hybridized carbons (Fsp3) is 0.500. The number of nitrogens with zero attached hydrogens (tertiary/aromatic N) is 6. The van der Waals surface area contributed by atoms with E-state index < -0.39 is 0 Å². The minimum atomic E-state index is 0.225. The second-order valence-electron chi connectivity index (χ2n) is 8.79. The summed E-state index contributed by atoms with van der Waals surface area (Å²) < 4.78 is 2.06. The first-order chi connectivity index (χ1) is 15.4. The van der Waals surface area contributed by atoms with Crippen molar-refractivity contribution in [2.45, 2.75) is 53.6 Å². The molecule has 1 aromatic carbocycles. The largest absolute Gasteiger partial charge is 0.340 e. The van der Waals surface area contributed by atoms with Crippen molar-refractivity contribution in [3.8, 4) is 0 Å². The van der Waals surface area contributed by atoms with Crippen LogP contribution in [0.25, 0.3) is 0 Å². The monoisotopic (exact) mass is 435 g/mol. The molecule has 4 rings (SSSR count). The van der Waals surface area contributed by atoms with Crippen LogP contribution in [-0.2, 0) is 24.3 Å². The van der Waals surface area contributed by atoms with Crippen molar-refractivity contribution in [3.05, 3.63) is 64.0 Å². The molecule has 1 amide bonds. The maximum Gasteiger partial charge on any atom is 0.222 e. The van der Waals surface area contributed by atoms with E-state index in [2.05, 4.69) is 62.9 Å². The number of carbonyl (C=O) groups is 1. The van der Waals surface area contributed by atoms with E-state index in [4.69, 9.17) is 5.10 Å². The highest BCUT2D eigenvalue weighted by Crippen LogP contribution is 2.18. The molecule has 0 saturated carbocycles. The second kappa shape index (κ2) is 9.65. The molecule has 0 unspecified atom stereocenters. The van der Waals surface area contributed by atoms with Crippen LogP contribution in [0.15, 0.2) is 24.3 Å². The Morgan fingerprint density at radius 3 is 2.38 bits per heavy atom. The molecular formula is C24H33N7O. The maximum atomic E-state index is 12.8. The number of benzene rings is 1. The van der Waals surface area contributed by atoms with E-state index in [0.717, 1.165) is 68.7 Å². The normalized spacial score (nSPS) is 14.8. The predicted octanol–water partition coefficient (Wildman–Crippen LogP) is 2.56. The molecule has 2 aromatic heterocycles. The molecule has 32 heavy (non-hydrogen) atoms. The zero-order valence-electron chi connectivity index (χ0n) is 19.6. The first kappa shape index (κ1) is 22.2. The number of piperazine rings is 1. The average molecular weight is 436 g/mol. The molecular weight excluding hydrogens is 402 g/mol. The van der Waals surface area contributed by atoms with Gasteiger partial charge in [-0.1, -0.05) is 29.8 Å². The summed E-state index contributed by atoms with van der Waals surface area (Å²) in [4.78, 5) is 21.5. The highest BCUT2D eigenvalue weighted by atomic mass is 16.2. The average Bonchev–Trinajstić information content (AvgIpc) is 3.30. The lowest BCUT2D eigenvalue weighted by Crippen LogP contribution is -2.48. The van der Waals surface area contributed by atoms with Crippen LogP contribution in [0.3, 0.4) is 0 Å². The predicted molar refractivity (Wildman–Crippen MR) is 123 cm³/mol. The summed E-state index contributed by atoms with van der Waals surface area (Å²) in [5.41, 5.74) is 5.87. The number of hydrogen-bond acceptors (Lipinski definition) is 5. The van der Waals surface area contributed by atoms with Gasteiger partial charge in [0.25, 0.3) is 0 Å². The van der Waals surface area contributed by atoms with Crippen LogP contribution in [0.5, 0.6) is 0 Å². The molecule has 1 fully saturated rings. The summed E-state index contributed by atoms with van der Waals surface area (Å²) >= 11 is 0. The van der Waals surface area contributed by atoms with Crippen LogP contribution in [0.4, 0.5) is 0 Å². The standard InChI is InChI=1S/C24H33N7O/c1-17-5-7-21(8-6-17)15-31-19(3)22(18(2)28-31)9-10-24(32)30-13-11-29(12-14-30)16-23-25-20(4)26-27-23/h5-8H,9-16H2,1-4H3,(H,25,26,27). The highest BCUT2D eigenvalue weighted by Gasteiger charge is 2.22. The molecule has 1 aliphatic rings. The van der Waals surface area contributed by atoms with E-state index in [-0.39, 0.29) is 5.91 Å². The topological polar surface area (TPSA) is 82.9 Å². The number of aromatic amines is 1. The molecule has 3 heterocycles. The summed E-state index contributed by atoms with van der Waals surface area (Å²) in [6.07, 6.45) is 1.26. The van der Waals surface area contributed by atoms with Gasteiger partial charge in [0.05, 0.1) is 18.8 Å². The van der Waals surface area contributed by atoms with Gasteiger partial charge in [-0.05, 0) is 45.2 Å². The van der Waals surface area contributed by atoms with Gasteiger partial charge in [-0.3, -0.25) is 19.5 Å². The number of hydrogen-bond donors (Lipinski definition) is 1. The Labute approximate surface area is 189 Å². The van der Waals surface area contributed by atoms with Crippen molar-refractivity contribution < 1.29 is 4.79 Å². The Balaban J connectivity index is 1.28. The lowest BCUT2D eigenvalue weighted by molar-refractivity contribution is -0.133. The van der Waals surface area contributed by atoms with E-state index in [9.17, 15) is 4.79 Å². The number of aromatic nitrogens is 5. The summed E-state index contributed by atoms with van der Waals surface area (Å²) in [6, 6.07) is 8.56. The van der Waals surface area contributed by atoms with E-state index in [0.29, 0.717) is 6.42 Å². The van der Waals surface area contributed by atoms with E-state index >= 15 is 0 Å². The number of aryl methyl sites for hydroxylation is 3. The number of H-pyrrole nitrogens is 1. The number of carbonyl (C=O) groups excluding carboxylic acids is 1. The lowest BCUT2D eigenvalue weighted by atomic mass is 10.1. The summed E-state index contributed by atoms with van der Waals surface area (Å²) in [7, 11) is 0. The van der Waals surface area contributed by atoms with Crippen molar-refractivity contribution in [1.29, 1.82) is 0 Å². The Bertz CT molecular complexity index is 1060. The smallest absolute Gasteiger partial charge is 0.222 e. The highest BCUT2D eigenvalue weighted by molar-refractivity contribution is 5.76. The van der Waals surface area contributed by atoms with E-state index in [1.165, 1.54) is 16.7 Å². The Kier molecular flexibility index (Phi) is 6.69. The van der Waals surface area contributed by atoms with Gasteiger partial charge in [0, 0.05) is 38.3 Å². The quantitative estimate of drug-likeness (QED) is 0.617. The van der Waals surface area contributed by atoms with Gasteiger partial charge in [-0.2, -0.15) is 10.2 Å². The van der Waals surface area contributed by atoms with Crippen LogP contribution < -0.4 is 0 Å². The molecule has 170 valence electrons. The van der Waals surface area contributed by atoms with Gasteiger partial charge >= 0.3 is 0 Å². The molecule has 3 aromatic rings. The second-order valence-corrected chi connectivity index (χ2v) is 8.79. The minimum absolute atomic E-state index is 0.225. The number of amides is 1. The minimum Gasteiger partial charge on any atom is -0.340 e. The van der Waals surface area contributed by atoms with Crippen LogP contribution in [-0.4, -0.2) is 66.8 Å². The van der Waals surface area contributed by atoms with Gasteiger partial charge < -0.3 is 4.90 Å². The molecule has 0 radical (unpaired) electrons. The molecule has 0 spiro atoms. The van der Waals surface area contributed by atoms with E-state index in [1.54, 1.807) is 0 Å². The molecule has 0 aliphatic carbocycles. The Morgan fingerprint density at radius 2 is 1.72 bits per heavy atom. The SMILES string of the molecule is Cc1ccc(Cn2nc(C)c(CCC(=O)N3CCN(Cc4n[nH]c(C)n4)CC3)c2C)cc1. The van der Waals surface area contributed by atoms with Gasteiger partial charge in [-0.15, -0.1) is 0 Å². The first-order valence-corrected chi connectivity index (χ1v) is 11.4. The third-order valence-corrected chi connectivity index (χ3v) is 6.31. The van der Waals surface area contributed by atoms with Crippen molar-refractivity contribution in [2.24, 2.45) is 0 Å². The van der Waals surface area contributed by atoms with Gasteiger partial charge in [-0.25, -0.2) is 4.98 Å². The van der Waals surface area contributed by atoms with Crippen LogP contribution in [0, 0.1) is 27.7 Å². The summed E-state index contributed by atoms with van der Waals surface area (Å²) in [6.45, 7) is 12.9. The molecule has 1 saturated heterocycles. The van der Waals surface area contributed by atoms with Crippen molar-refractivity contribution in [3.63, 3.8) is 0 Å². The fourth-order valence-corrected chi connectivity index (χ4v) is 4.32. The van der Waals surface area contributed by atoms with E-state index in [1.807, 2.05) is 18.7 Å². The van der Waals surface area contributed by atoms with Crippen molar-refractivity contribution in [1.82, 2.24) is 34.8 Å². The van der Waals surface area contributed by atoms with Crippen molar-refractivity contribution in [2.75, 3.05) is 26.2 Å². The molecule has 0 atom stereocenters. The third kappa shape index (κ3) is 5.24. The zero-order valence-corrected chi connectivity index (χ0v) is 19.6. The lowest BCUT2D eigenvalue weighted by Gasteiger charge is -2.34. The Morgan fingerprint density at radius 1 is 1.00 bits per heavy atom. The zero-order chi connectivity index (χ0) is 22.7. The summed E-state index contributed by atoms with van der Waals surface area (Å²) in [5.74, 6) is 1.88. The van der Waals surface area contributed by atoms with Crippen LogP contribution in [0.1, 0.15) is 46.1 Å². The molecule has 8 heteroatoms. The molecule has 1 aliphatic heterocycles. The fourth-order valence-electron chi connectivity index (χ4n) is 4.32. The molecule has 1 N–H and O–H groups in total. The maximum absolute atomic E-state index is 12.8.